The highest BCUT2D eigenvalue weighted by atomic mass is 16.1. The highest BCUT2D eigenvalue weighted by Gasteiger charge is 2.22. The van der Waals surface area contributed by atoms with E-state index in [-0.39, 0.29) is 12.0 Å². The molecule has 2 nitrogen and oxygen atoms in total. The number of hydrogen-bond acceptors (Lipinski definition) is 2. The van der Waals surface area contributed by atoms with Gasteiger partial charge >= 0.3 is 0 Å². The van der Waals surface area contributed by atoms with E-state index >= 15 is 0 Å². The van der Waals surface area contributed by atoms with Gasteiger partial charge in [-0.2, -0.15) is 0 Å². The van der Waals surface area contributed by atoms with Crippen LogP contribution >= 0.6 is 0 Å². The third-order valence-electron chi connectivity index (χ3n) is 1.80. The van der Waals surface area contributed by atoms with Crippen molar-refractivity contribution in [1.82, 2.24) is 0 Å². The van der Waals surface area contributed by atoms with E-state index in [2.05, 4.69) is 0 Å². The maximum Gasteiger partial charge on any atom is 0.124 e. The van der Waals surface area contributed by atoms with Gasteiger partial charge in [-0.1, -0.05) is 6.42 Å². The minimum atomic E-state index is 0.160. The molecule has 0 aromatic rings. The third-order valence-corrected chi connectivity index (χ3v) is 1.80. The lowest BCUT2D eigenvalue weighted by Crippen LogP contribution is -2.24. The molecule has 1 saturated carbocycles. The van der Waals surface area contributed by atoms with Crippen LogP contribution in [0.5, 0.6) is 0 Å². The highest BCUT2D eigenvalue weighted by Crippen LogP contribution is 2.21. The summed E-state index contributed by atoms with van der Waals surface area (Å²) in [5.74, 6) is 0.162. The Balaban J connectivity index is 2.41. The first-order valence-corrected chi connectivity index (χ1v) is 3.05. The molecule has 0 aliphatic heterocycles. The Bertz CT molecular complexity index is 92.5. The zero-order chi connectivity index (χ0) is 5.98. The molecule has 0 unspecified atom stereocenters. The van der Waals surface area contributed by atoms with Gasteiger partial charge in [0.25, 0.3) is 0 Å². The van der Waals surface area contributed by atoms with Crippen LogP contribution in [0.3, 0.4) is 0 Å². The van der Waals surface area contributed by atoms with Gasteiger partial charge in [0.15, 0.2) is 0 Å². The van der Waals surface area contributed by atoms with E-state index in [1.165, 1.54) is 0 Å². The molecule has 0 aromatic carbocycles. The molecule has 0 heterocycles. The maximum absolute atomic E-state index is 10.1. The van der Waals surface area contributed by atoms with Crippen LogP contribution < -0.4 is 5.73 Å². The van der Waals surface area contributed by atoms with Crippen molar-refractivity contribution in [3.8, 4) is 0 Å². The van der Waals surface area contributed by atoms with Crippen LogP contribution in [-0.2, 0) is 4.79 Å². The van der Waals surface area contributed by atoms with Gasteiger partial charge in [0, 0.05) is 12.0 Å². The predicted octanol–water partition coefficient (Wildman–Crippen LogP) is 0.313. The summed E-state index contributed by atoms with van der Waals surface area (Å²) in [6.07, 6.45) is 4.15. The fourth-order valence-electron chi connectivity index (χ4n) is 1.19. The van der Waals surface area contributed by atoms with Gasteiger partial charge in [-0.15, -0.1) is 0 Å². The molecule has 2 N–H and O–H groups in total. The van der Waals surface area contributed by atoms with Crippen molar-refractivity contribution in [3.05, 3.63) is 0 Å². The van der Waals surface area contributed by atoms with E-state index in [1.54, 1.807) is 0 Å². The van der Waals surface area contributed by atoms with Crippen LogP contribution in [-0.4, -0.2) is 12.3 Å². The Labute approximate surface area is 49.1 Å². The summed E-state index contributed by atoms with van der Waals surface area (Å²) in [6, 6.07) is 0.160. The Morgan fingerprint density at radius 2 is 2.25 bits per heavy atom. The number of carbonyl (C=O) groups excluding carboxylic acids is 1. The predicted molar refractivity (Wildman–Crippen MR) is 31.4 cm³/mol. The zero-order valence-electron chi connectivity index (χ0n) is 4.84. The molecule has 0 bridgehead atoms. The van der Waals surface area contributed by atoms with E-state index in [4.69, 9.17) is 5.73 Å². The first kappa shape index (κ1) is 5.76. The van der Waals surface area contributed by atoms with Crippen LogP contribution in [0.25, 0.3) is 0 Å². The molecule has 0 saturated heterocycles. The van der Waals surface area contributed by atoms with E-state index in [1.807, 2.05) is 0 Å². The second-order valence-electron chi connectivity index (χ2n) is 2.39. The van der Waals surface area contributed by atoms with Gasteiger partial charge in [-0.05, 0) is 12.8 Å². The summed E-state index contributed by atoms with van der Waals surface area (Å²) < 4.78 is 0. The lowest BCUT2D eigenvalue weighted by atomic mass is 10.1. The maximum atomic E-state index is 10.1. The first-order valence-electron chi connectivity index (χ1n) is 3.05. The lowest BCUT2D eigenvalue weighted by Gasteiger charge is -2.04. The average molecular weight is 113 g/mol. The molecule has 8 heavy (non-hydrogen) atoms. The van der Waals surface area contributed by atoms with Crippen molar-refractivity contribution in [3.63, 3.8) is 0 Å². The Hall–Kier alpha value is -0.370. The number of rotatable bonds is 1. The summed E-state index contributed by atoms with van der Waals surface area (Å²) in [6.45, 7) is 0. The summed E-state index contributed by atoms with van der Waals surface area (Å²) in [5, 5.41) is 0. The standard InChI is InChI=1S/C6H11NO/c7-6-3-1-2-5(6)4-8/h4-6H,1-3,7H2/t5-,6-/m1/s1. The summed E-state index contributed by atoms with van der Waals surface area (Å²) in [7, 11) is 0. The van der Waals surface area contributed by atoms with Crippen molar-refractivity contribution in [2.24, 2.45) is 11.7 Å². The van der Waals surface area contributed by atoms with Crippen LogP contribution in [0.15, 0.2) is 0 Å². The molecular formula is C6H11NO. The second-order valence-corrected chi connectivity index (χ2v) is 2.39. The molecular weight excluding hydrogens is 102 g/mol. The largest absolute Gasteiger partial charge is 0.327 e. The molecule has 0 amide bonds. The number of nitrogens with two attached hydrogens (primary N) is 1. The summed E-state index contributed by atoms with van der Waals surface area (Å²) in [4.78, 5) is 10.1. The van der Waals surface area contributed by atoms with Gasteiger partial charge < -0.3 is 10.5 Å². The number of carbonyl (C=O) groups is 1. The summed E-state index contributed by atoms with van der Waals surface area (Å²) in [5.41, 5.74) is 5.56. The minimum Gasteiger partial charge on any atom is -0.327 e. The van der Waals surface area contributed by atoms with E-state index < -0.39 is 0 Å². The minimum absolute atomic E-state index is 0.160. The monoisotopic (exact) mass is 113 g/mol. The fraction of sp³-hybridized carbons (Fsp3) is 0.833. The van der Waals surface area contributed by atoms with Crippen molar-refractivity contribution in [2.75, 3.05) is 0 Å². The molecule has 1 rings (SSSR count). The SMILES string of the molecule is N[C@@H]1CCC[C@@H]1C=O. The zero-order valence-corrected chi connectivity index (χ0v) is 4.84. The van der Waals surface area contributed by atoms with Gasteiger partial charge in [0.05, 0.1) is 0 Å². The van der Waals surface area contributed by atoms with Gasteiger partial charge in [0.1, 0.15) is 6.29 Å². The molecule has 1 fully saturated rings. The highest BCUT2D eigenvalue weighted by molar-refractivity contribution is 5.55. The van der Waals surface area contributed by atoms with Crippen molar-refractivity contribution in [2.45, 2.75) is 25.3 Å². The van der Waals surface area contributed by atoms with E-state index in [0.29, 0.717) is 0 Å². The normalized spacial score (nSPS) is 37.6. The van der Waals surface area contributed by atoms with Crippen LogP contribution in [0.1, 0.15) is 19.3 Å². The smallest absolute Gasteiger partial charge is 0.124 e. The molecule has 0 radical (unpaired) electrons. The summed E-state index contributed by atoms with van der Waals surface area (Å²) >= 11 is 0. The first-order chi connectivity index (χ1) is 3.84. The van der Waals surface area contributed by atoms with Crippen LogP contribution in [0.2, 0.25) is 0 Å². The van der Waals surface area contributed by atoms with E-state index in [9.17, 15) is 4.79 Å². The number of aldehydes is 1. The Morgan fingerprint density at radius 1 is 1.50 bits per heavy atom. The van der Waals surface area contributed by atoms with E-state index in [0.717, 1.165) is 25.5 Å². The van der Waals surface area contributed by atoms with Gasteiger partial charge in [-0.25, -0.2) is 0 Å². The second kappa shape index (κ2) is 2.27. The quantitative estimate of drug-likeness (QED) is 0.497. The molecule has 1 aliphatic rings. The molecule has 1 aliphatic carbocycles. The molecule has 0 aromatic heterocycles. The molecule has 0 spiro atoms. The molecule has 2 atom stereocenters. The average Bonchev–Trinajstić information content (AvgIpc) is 2.14. The Kier molecular flexibility index (Phi) is 1.63. The lowest BCUT2D eigenvalue weighted by molar-refractivity contribution is -0.111. The van der Waals surface area contributed by atoms with Crippen molar-refractivity contribution < 1.29 is 4.79 Å². The van der Waals surface area contributed by atoms with Gasteiger partial charge in [0.2, 0.25) is 0 Å². The molecule has 2 heteroatoms. The van der Waals surface area contributed by atoms with Crippen LogP contribution in [0.4, 0.5) is 0 Å². The van der Waals surface area contributed by atoms with Crippen molar-refractivity contribution in [1.29, 1.82) is 0 Å². The van der Waals surface area contributed by atoms with Crippen LogP contribution in [0, 0.1) is 5.92 Å². The fourth-order valence-corrected chi connectivity index (χ4v) is 1.19. The van der Waals surface area contributed by atoms with Crippen molar-refractivity contribution >= 4 is 6.29 Å². The van der Waals surface area contributed by atoms with Gasteiger partial charge in [-0.3, -0.25) is 0 Å². The third kappa shape index (κ3) is 0.892. The topological polar surface area (TPSA) is 43.1 Å². The Morgan fingerprint density at radius 3 is 2.50 bits per heavy atom. The molecule has 46 valence electrons. The number of hydrogen-bond donors (Lipinski definition) is 1.